The zero-order valence-electron chi connectivity index (χ0n) is 20.8. The summed E-state index contributed by atoms with van der Waals surface area (Å²) in [7, 11) is 0. The van der Waals surface area contributed by atoms with Crippen LogP contribution in [0.5, 0.6) is 0 Å². The number of anilines is 2. The van der Waals surface area contributed by atoms with Crippen LogP contribution in [-0.4, -0.2) is 47.4 Å². The molecular formula is C25H32ClF2N7O2. The molecule has 0 radical (unpaired) electrons. The average molecular weight is 536 g/mol. The number of aryl methyl sites for hydroxylation is 1. The van der Waals surface area contributed by atoms with Crippen molar-refractivity contribution in [3.63, 3.8) is 0 Å². The van der Waals surface area contributed by atoms with Gasteiger partial charge >= 0.3 is 0 Å². The number of nitrogens with one attached hydrogen (secondary N) is 2. The van der Waals surface area contributed by atoms with Gasteiger partial charge in [-0.2, -0.15) is 4.99 Å². The monoisotopic (exact) mass is 535 g/mol. The van der Waals surface area contributed by atoms with E-state index in [2.05, 4.69) is 27.3 Å². The third-order valence-electron chi connectivity index (χ3n) is 6.91. The zero-order chi connectivity index (χ0) is 26.5. The Kier molecular flexibility index (Phi) is 8.75. The average Bonchev–Trinajstić information content (AvgIpc) is 3.00. The van der Waals surface area contributed by atoms with Crippen LogP contribution in [0.3, 0.4) is 0 Å². The number of rotatable bonds is 6. The first kappa shape index (κ1) is 27.0. The second-order valence-corrected chi connectivity index (χ2v) is 9.91. The van der Waals surface area contributed by atoms with E-state index in [1.54, 1.807) is 6.92 Å². The number of carbonyl (C=O) groups is 1. The van der Waals surface area contributed by atoms with Gasteiger partial charge in [-0.25, -0.2) is 18.8 Å². The zero-order valence-corrected chi connectivity index (χ0v) is 21.5. The highest BCUT2D eigenvalue weighted by Crippen LogP contribution is 2.40. The summed E-state index contributed by atoms with van der Waals surface area (Å²) in [6.07, 6.45) is 5.08. The molecule has 1 saturated carbocycles. The minimum absolute atomic E-state index is 0.0492. The predicted molar refractivity (Wildman–Crippen MR) is 140 cm³/mol. The maximum absolute atomic E-state index is 14.6. The first-order valence-corrected chi connectivity index (χ1v) is 12.8. The lowest BCUT2D eigenvalue weighted by Crippen LogP contribution is -2.34. The number of benzene rings is 1. The normalized spacial score (nSPS) is 22.8. The molecule has 12 heteroatoms. The molecule has 2 aromatic rings. The van der Waals surface area contributed by atoms with Gasteiger partial charge in [0.25, 0.3) is 0 Å². The van der Waals surface area contributed by atoms with Crippen molar-refractivity contribution in [1.29, 1.82) is 0 Å². The summed E-state index contributed by atoms with van der Waals surface area (Å²) in [5.41, 5.74) is 5.70. The third kappa shape index (κ3) is 6.45. The van der Waals surface area contributed by atoms with Gasteiger partial charge in [-0.3, -0.25) is 9.36 Å². The molecule has 37 heavy (non-hydrogen) atoms. The van der Waals surface area contributed by atoms with Crippen molar-refractivity contribution in [3.05, 3.63) is 34.5 Å². The molecule has 0 bridgehead atoms. The maximum Gasteiger partial charge on any atom is 0.224 e. The van der Waals surface area contributed by atoms with Gasteiger partial charge in [0, 0.05) is 36.2 Å². The van der Waals surface area contributed by atoms with Crippen LogP contribution in [0.2, 0.25) is 5.02 Å². The molecule has 1 amide bonds. The molecule has 1 saturated heterocycles. The van der Waals surface area contributed by atoms with Crippen molar-refractivity contribution in [2.45, 2.75) is 64.0 Å². The summed E-state index contributed by atoms with van der Waals surface area (Å²) in [6.45, 7) is 6.81. The van der Waals surface area contributed by atoms with Gasteiger partial charge in [0.05, 0.1) is 5.69 Å². The van der Waals surface area contributed by atoms with Crippen LogP contribution in [0.1, 0.15) is 56.7 Å². The Morgan fingerprint density at radius 2 is 1.89 bits per heavy atom. The Balaban J connectivity index is 1.71. The van der Waals surface area contributed by atoms with Crippen molar-refractivity contribution in [1.82, 2.24) is 14.9 Å². The molecule has 2 fully saturated rings. The minimum atomic E-state index is -0.842. The molecule has 9 nitrogen and oxygen atoms in total. The molecule has 200 valence electrons. The number of nitrogens with zero attached hydrogens (tertiary/aromatic N) is 4. The van der Waals surface area contributed by atoms with Crippen molar-refractivity contribution in [2.24, 2.45) is 21.6 Å². The Hall–Kier alpha value is -3.05. The first-order chi connectivity index (χ1) is 17.8. The fraction of sp³-hybridized carbons (Fsp3) is 0.520. The number of guanidine groups is 1. The van der Waals surface area contributed by atoms with Crippen LogP contribution in [0, 0.1) is 24.5 Å². The molecule has 1 unspecified atom stereocenters. The molecule has 0 spiro atoms. The predicted octanol–water partition coefficient (Wildman–Crippen LogP) is 4.93. The molecule has 1 atom stereocenters. The Labute approximate surface area is 219 Å². The standard InChI is InChI=1S/C25H32ClF2N7O2/c1-14-23(34-24(30-2)32-17-4-3-10-37-11-9-17)35(18-7-5-15(6-8-18)22(29)36)25(31-14)33-21-19(27)12-16(26)13-20(21)28/h12-13,15,17-18H,2-11H2,1H3,(H2,29,36)(H,31,33)(H,32,34)/t15-,17?,18+. The van der Waals surface area contributed by atoms with E-state index in [9.17, 15) is 13.6 Å². The molecule has 1 aromatic carbocycles. The highest BCUT2D eigenvalue weighted by atomic mass is 35.5. The Morgan fingerprint density at radius 1 is 1.19 bits per heavy atom. The summed E-state index contributed by atoms with van der Waals surface area (Å²) in [5.74, 6) is -1.17. The van der Waals surface area contributed by atoms with Gasteiger partial charge in [0.1, 0.15) is 5.69 Å². The smallest absolute Gasteiger partial charge is 0.224 e. The van der Waals surface area contributed by atoms with E-state index in [4.69, 9.17) is 27.1 Å². The molecule has 2 aliphatic rings. The van der Waals surface area contributed by atoms with Gasteiger partial charge in [-0.1, -0.05) is 11.6 Å². The van der Waals surface area contributed by atoms with Crippen LogP contribution < -0.4 is 16.4 Å². The van der Waals surface area contributed by atoms with Gasteiger partial charge in [0.15, 0.2) is 17.5 Å². The number of primary amides is 1. The van der Waals surface area contributed by atoms with E-state index in [1.807, 2.05) is 4.57 Å². The fourth-order valence-electron chi connectivity index (χ4n) is 4.94. The molecule has 1 aliphatic carbocycles. The number of carbonyl (C=O) groups excluding carboxylic acids is 1. The van der Waals surface area contributed by atoms with Gasteiger partial charge in [-0.15, -0.1) is 0 Å². The van der Waals surface area contributed by atoms with Crippen LogP contribution in [0.25, 0.3) is 0 Å². The third-order valence-corrected chi connectivity index (χ3v) is 7.13. The van der Waals surface area contributed by atoms with E-state index in [0.717, 1.165) is 38.0 Å². The number of hydrogen-bond donors (Lipinski definition) is 3. The lowest BCUT2D eigenvalue weighted by atomic mass is 9.85. The van der Waals surface area contributed by atoms with E-state index in [1.165, 1.54) is 0 Å². The highest BCUT2D eigenvalue weighted by Gasteiger charge is 2.30. The Bertz CT molecular complexity index is 1150. The number of ether oxygens (including phenoxy) is 1. The van der Waals surface area contributed by atoms with Gasteiger partial charge in [0.2, 0.25) is 17.8 Å². The lowest BCUT2D eigenvalue weighted by molar-refractivity contribution is -0.122. The van der Waals surface area contributed by atoms with E-state index < -0.39 is 11.6 Å². The van der Waals surface area contributed by atoms with Crippen molar-refractivity contribution in [2.75, 3.05) is 18.5 Å². The number of nitrogens with two attached hydrogens (primary N) is 1. The first-order valence-electron chi connectivity index (χ1n) is 12.5. The van der Waals surface area contributed by atoms with Crippen molar-refractivity contribution < 1.29 is 18.3 Å². The molecule has 4 N–H and O–H groups in total. The molecule has 4 rings (SSSR count). The molecule has 2 heterocycles. The molecule has 1 aliphatic heterocycles. The number of imidazole rings is 1. The van der Waals surface area contributed by atoms with E-state index in [0.29, 0.717) is 49.8 Å². The number of aromatic nitrogens is 2. The molecular weight excluding hydrogens is 504 g/mol. The van der Waals surface area contributed by atoms with Crippen LogP contribution >= 0.6 is 11.6 Å². The van der Waals surface area contributed by atoms with Gasteiger partial charge < -0.3 is 21.1 Å². The largest absolute Gasteiger partial charge is 0.381 e. The van der Waals surface area contributed by atoms with Crippen LogP contribution in [0.15, 0.2) is 22.1 Å². The quantitative estimate of drug-likeness (QED) is 0.358. The summed E-state index contributed by atoms with van der Waals surface area (Å²) in [6, 6.07) is 2.06. The van der Waals surface area contributed by atoms with E-state index in [-0.39, 0.29) is 40.6 Å². The summed E-state index contributed by atoms with van der Waals surface area (Å²) >= 11 is 5.79. The SMILES string of the molecule is C=N/C(=N\c1c(C)nc(Nc2c(F)cc(Cl)cc2F)n1[C@H]1CC[C@@H](C(N)=O)CC1)NC1CCCOCC1. The van der Waals surface area contributed by atoms with Crippen molar-refractivity contribution >= 4 is 47.6 Å². The second kappa shape index (κ2) is 12.0. The van der Waals surface area contributed by atoms with Crippen LogP contribution in [-0.2, 0) is 9.53 Å². The summed E-state index contributed by atoms with van der Waals surface area (Å²) in [5, 5.41) is 6.10. The summed E-state index contributed by atoms with van der Waals surface area (Å²) in [4.78, 5) is 25.1. The van der Waals surface area contributed by atoms with Gasteiger partial charge in [-0.05, 0) is 70.7 Å². The number of amides is 1. The Morgan fingerprint density at radius 3 is 2.54 bits per heavy atom. The van der Waals surface area contributed by atoms with Crippen LogP contribution in [0.4, 0.5) is 26.2 Å². The molecule has 1 aromatic heterocycles. The maximum atomic E-state index is 14.6. The lowest BCUT2D eigenvalue weighted by Gasteiger charge is -2.29. The minimum Gasteiger partial charge on any atom is -0.381 e. The highest BCUT2D eigenvalue weighted by molar-refractivity contribution is 6.30. The fourth-order valence-corrected chi connectivity index (χ4v) is 5.13. The number of halogens is 3. The summed E-state index contributed by atoms with van der Waals surface area (Å²) < 4.78 is 36.6. The number of aliphatic imine (C=N–C) groups is 2. The van der Waals surface area contributed by atoms with E-state index >= 15 is 0 Å². The number of hydrogen-bond acceptors (Lipinski definition) is 5. The van der Waals surface area contributed by atoms with Crippen molar-refractivity contribution in [3.8, 4) is 0 Å². The second-order valence-electron chi connectivity index (χ2n) is 9.47. The topological polar surface area (TPSA) is 119 Å².